The average Bonchev–Trinajstić information content (AvgIpc) is 3.00. The Hall–Kier alpha value is -1.35. The van der Waals surface area contributed by atoms with E-state index >= 15 is 0 Å². The summed E-state index contributed by atoms with van der Waals surface area (Å²) < 4.78 is 0. The Morgan fingerprint density at radius 2 is 2.07 bits per heavy atom. The molecule has 74 valence electrons. The van der Waals surface area contributed by atoms with Gasteiger partial charge in [0.25, 0.3) is 5.91 Å². The highest BCUT2D eigenvalue weighted by molar-refractivity contribution is 5.95. The van der Waals surface area contributed by atoms with Gasteiger partial charge in [-0.2, -0.15) is 0 Å². The minimum atomic E-state index is -0.104. The maximum Gasteiger partial charge on any atom is 0.267 e. The lowest BCUT2D eigenvalue weighted by molar-refractivity contribution is 0.0794. The fourth-order valence-corrected chi connectivity index (χ4v) is 1.63. The van der Waals surface area contributed by atoms with Gasteiger partial charge in [0.15, 0.2) is 0 Å². The molecule has 1 aromatic carbocycles. The molecule has 0 saturated heterocycles. The molecule has 1 amide bonds. The minimum Gasteiger partial charge on any atom is -0.280 e. The Morgan fingerprint density at radius 3 is 2.64 bits per heavy atom. The van der Waals surface area contributed by atoms with E-state index in [2.05, 4.69) is 0 Å². The van der Waals surface area contributed by atoms with Crippen LogP contribution in [0.3, 0.4) is 0 Å². The van der Waals surface area contributed by atoms with E-state index in [4.69, 9.17) is 5.84 Å². The minimum absolute atomic E-state index is 0.104. The van der Waals surface area contributed by atoms with Crippen molar-refractivity contribution in [1.82, 2.24) is 5.01 Å². The number of hydrogen-bond acceptors (Lipinski definition) is 2. The standard InChI is InChI=1S/C11H14N2O/c1-13(12)11(14)10-5-3-2-4-9(10)8-6-7-8/h2-5,8H,6-7,12H2,1H3. The molecule has 3 nitrogen and oxygen atoms in total. The first-order chi connectivity index (χ1) is 6.70. The second-order valence-electron chi connectivity index (χ2n) is 3.78. The van der Waals surface area contributed by atoms with E-state index in [1.165, 1.54) is 12.8 Å². The zero-order valence-electron chi connectivity index (χ0n) is 8.23. The largest absolute Gasteiger partial charge is 0.280 e. The highest BCUT2D eigenvalue weighted by atomic mass is 16.2. The molecule has 3 heteroatoms. The van der Waals surface area contributed by atoms with Gasteiger partial charge in [-0.3, -0.25) is 9.80 Å². The van der Waals surface area contributed by atoms with Crippen LogP contribution < -0.4 is 5.84 Å². The Balaban J connectivity index is 2.36. The van der Waals surface area contributed by atoms with Crippen molar-refractivity contribution >= 4 is 5.91 Å². The normalized spacial score (nSPS) is 15.3. The van der Waals surface area contributed by atoms with E-state index < -0.39 is 0 Å². The Kier molecular flexibility index (Phi) is 2.25. The molecule has 1 saturated carbocycles. The molecule has 1 aliphatic rings. The van der Waals surface area contributed by atoms with Crippen LogP contribution in [0, 0.1) is 0 Å². The van der Waals surface area contributed by atoms with Crippen molar-refractivity contribution < 1.29 is 4.79 Å². The van der Waals surface area contributed by atoms with Crippen molar-refractivity contribution in [2.75, 3.05) is 7.05 Å². The summed E-state index contributed by atoms with van der Waals surface area (Å²) in [6, 6.07) is 7.72. The molecule has 1 aromatic rings. The summed E-state index contributed by atoms with van der Waals surface area (Å²) in [4.78, 5) is 11.7. The van der Waals surface area contributed by atoms with E-state index in [-0.39, 0.29) is 5.91 Å². The Bertz CT molecular complexity index is 356. The number of carbonyl (C=O) groups is 1. The molecule has 0 aromatic heterocycles. The molecular weight excluding hydrogens is 176 g/mol. The predicted octanol–water partition coefficient (Wildman–Crippen LogP) is 1.51. The predicted molar refractivity (Wildman–Crippen MR) is 54.7 cm³/mol. The second kappa shape index (κ2) is 3.42. The number of hydrazine groups is 1. The first kappa shape index (κ1) is 9.21. The SMILES string of the molecule is CN(N)C(=O)c1ccccc1C1CC1. The third-order valence-electron chi connectivity index (χ3n) is 2.53. The summed E-state index contributed by atoms with van der Waals surface area (Å²) in [7, 11) is 1.58. The molecule has 0 spiro atoms. The monoisotopic (exact) mass is 190 g/mol. The van der Waals surface area contributed by atoms with Crippen molar-refractivity contribution in [3.63, 3.8) is 0 Å². The van der Waals surface area contributed by atoms with Gasteiger partial charge in [-0.15, -0.1) is 0 Å². The van der Waals surface area contributed by atoms with Crippen molar-refractivity contribution in [2.45, 2.75) is 18.8 Å². The molecule has 2 N–H and O–H groups in total. The van der Waals surface area contributed by atoms with Crippen LogP contribution in [-0.4, -0.2) is 18.0 Å². The van der Waals surface area contributed by atoms with Crippen LogP contribution in [0.15, 0.2) is 24.3 Å². The lowest BCUT2D eigenvalue weighted by atomic mass is 10.0. The second-order valence-corrected chi connectivity index (χ2v) is 3.78. The van der Waals surface area contributed by atoms with Crippen molar-refractivity contribution in [3.8, 4) is 0 Å². The summed E-state index contributed by atoms with van der Waals surface area (Å²) in [6.45, 7) is 0. The summed E-state index contributed by atoms with van der Waals surface area (Å²) in [5.41, 5.74) is 1.90. The van der Waals surface area contributed by atoms with Gasteiger partial charge in [-0.1, -0.05) is 18.2 Å². The molecule has 2 rings (SSSR count). The van der Waals surface area contributed by atoms with Gasteiger partial charge in [-0.25, -0.2) is 5.84 Å². The molecule has 0 heterocycles. The average molecular weight is 190 g/mol. The maximum atomic E-state index is 11.7. The number of benzene rings is 1. The highest BCUT2D eigenvalue weighted by Crippen LogP contribution is 2.41. The van der Waals surface area contributed by atoms with E-state index in [0.717, 1.165) is 16.1 Å². The Labute approximate surface area is 83.5 Å². The van der Waals surface area contributed by atoms with Crippen molar-refractivity contribution in [2.24, 2.45) is 5.84 Å². The molecule has 1 fully saturated rings. The highest BCUT2D eigenvalue weighted by Gasteiger charge is 2.27. The van der Waals surface area contributed by atoms with Gasteiger partial charge in [0.1, 0.15) is 0 Å². The number of carbonyl (C=O) groups excluding carboxylic acids is 1. The van der Waals surface area contributed by atoms with Crippen LogP contribution in [0.4, 0.5) is 0 Å². The smallest absolute Gasteiger partial charge is 0.267 e. The molecule has 0 aliphatic heterocycles. The quantitative estimate of drug-likeness (QED) is 0.436. The topological polar surface area (TPSA) is 46.3 Å². The van der Waals surface area contributed by atoms with Crippen LogP contribution in [0.1, 0.15) is 34.7 Å². The third kappa shape index (κ3) is 1.63. The summed E-state index contributed by atoms with van der Waals surface area (Å²) in [5, 5.41) is 1.14. The number of nitrogens with zero attached hydrogens (tertiary/aromatic N) is 1. The lowest BCUT2D eigenvalue weighted by Gasteiger charge is -2.12. The van der Waals surface area contributed by atoms with Gasteiger partial charge in [0.05, 0.1) is 0 Å². The van der Waals surface area contributed by atoms with E-state index in [0.29, 0.717) is 5.92 Å². The van der Waals surface area contributed by atoms with E-state index in [9.17, 15) is 4.79 Å². The number of nitrogens with two attached hydrogens (primary N) is 1. The molecule has 0 radical (unpaired) electrons. The fraction of sp³-hybridized carbons (Fsp3) is 0.364. The summed E-state index contributed by atoms with van der Waals surface area (Å²) >= 11 is 0. The zero-order valence-corrected chi connectivity index (χ0v) is 8.23. The van der Waals surface area contributed by atoms with Crippen LogP contribution in [-0.2, 0) is 0 Å². The van der Waals surface area contributed by atoms with Crippen LogP contribution in [0.5, 0.6) is 0 Å². The first-order valence-corrected chi connectivity index (χ1v) is 4.82. The zero-order chi connectivity index (χ0) is 10.1. The number of amides is 1. The molecule has 0 unspecified atom stereocenters. The molecule has 0 atom stereocenters. The first-order valence-electron chi connectivity index (χ1n) is 4.82. The summed E-state index contributed by atoms with van der Waals surface area (Å²) in [6.07, 6.45) is 2.39. The number of hydrogen-bond donors (Lipinski definition) is 1. The molecular formula is C11H14N2O. The summed E-state index contributed by atoms with van der Waals surface area (Å²) in [5.74, 6) is 5.92. The Morgan fingerprint density at radius 1 is 1.43 bits per heavy atom. The van der Waals surface area contributed by atoms with Gasteiger partial charge >= 0.3 is 0 Å². The van der Waals surface area contributed by atoms with Gasteiger partial charge < -0.3 is 0 Å². The van der Waals surface area contributed by atoms with Crippen molar-refractivity contribution in [1.29, 1.82) is 0 Å². The van der Waals surface area contributed by atoms with Gasteiger partial charge in [-0.05, 0) is 30.4 Å². The molecule has 1 aliphatic carbocycles. The molecule has 14 heavy (non-hydrogen) atoms. The van der Waals surface area contributed by atoms with Crippen molar-refractivity contribution in [3.05, 3.63) is 35.4 Å². The number of rotatable bonds is 2. The maximum absolute atomic E-state index is 11.7. The van der Waals surface area contributed by atoms with Gasteiger partial charge in [0.2, 0.25) is 0 Å². The van der Waals surface area contributed by atoms with Crippen LogP contribution in [0.2, 0.25) is 0 Å². The fourth-order valence-electron chi connectivity index (χ4n) is 1.63. The third-order valence-corrected chi connectivity index (χ3v) is 2.53. The van der Waals surface area contributed by atoms with Gasteiger partial charge in [0, 0.05) is 12.6 Å². The lowest BCUT2D eigenvalue weighted by Crippen LogP contribution is -2.33. The van der Waals surface area contributed by atoms with Crippen LogP contribution >= 0.6 is 0 Å². The van der Waals surface area contributed by atoms with Crippen LogP contribution in [0.25, 0.3) is 0 Å². The van der Waals surface area contributed by atoms with E-state index in [1.54, 1.807) is 7.05 Å². The van der Waals surface area contributed by atoms with E-state index in [1.807, 2.05) is 24.3 Å². The molecule has 0 bridgehead atoms.